The fourth-order valence-corrected chi connectivity index (χ4v) is 4.28. The van der Waals surface area contributed by atoms with E-state index in [9.17, 15) is 18.3 Å². The van der Waals surface area contributed by atoms with Gasteiger partial charge in [0.2, 0.25) is 5.91 Å². The van der Waals surface area contributed by atoms with Crippen molar-refractivity contribution in [2.45, 2.75) is 18.2 Å². The summed E-state index contributed by atoms with van der Waals surface area (Å²) < 4.78 is 27.7. The van der Waals surface area contributed by atoms with Gasteiger partial charge in [-0.15, -0.1) is 0 Å². The highest BCUT2D eigenvalue weighted by atomic mass is 32.2. The van der Waals surface area contributed by atoms with Crippen LogP contribution in [0.4, 0.5) is 11.4 Å². The fraction of sp³-hybridized carbons (Fsp3) is 0.136. The number of benzene rings is 3. The molecule has 1 amide bonds. The molecule has 150 valence electrons. The number of aryl methyl sites for hydroxylation is 1. The molecule has 3 aromatic rings. The first kappa shape index (κ1) is 20.4. The third-order valence-electron chi connectivity index (χ3n) is 4.37. The highest BCUT2D eigenvalue weighted by molar-refractivity contribution is 7.92. The Morgan fingerprint density at radius 3 is 2.21 bits per heavy atom. The largest absolute Gasteiger partial charge is 0.506 e. The molecule has 0 saturated heterocycles. The van der Waals surface area contributed by atoms with E-state index in [-0.39, 0.29) is 29.3 Å². The normalized spacial score (nSPS) is 11.1. The monoisotopic (exact) mass is 410 g/mol. The maximum atomic E-state index is 13.2. The lowest BCUT2D eigenvalue weighted by atomic mass is 10.2. The quantitative estimate of drug-likeness (QED) is 0.578. The van der Waals surface area contributed by atoms with E-state index in [0.29, 0.717) is 5.69 Å². The summed E-state index contributed by atoms with van der Waals surface area (Å²) in [6.45, 7) is 1.84. The van der Waals surface area contributed by atoms with Crippen molar-refractivity contribution in [3.63, 3.8) is 0 Å². The molecule has 7 heteroatoms. The van der Waals surface area contributed by atoms with Crippen molar-refractivity contribution < 1.29 is 18.3 Å². The van der Waals surface area contributed by atoms with Gasteiger partial charge >= 0.3 is 0 Å². The molecule has 0 bridgehead atoms. The average Bonchev–Trinajstić information content (AvgIpc) is 2.71. The van der Waals surface area contributed by atoms with Gasteiger partial charge in [-0.05, 0) is 43.3 Å². The maximum Gasteiger partial charge on any atom is 0.264 e. The molecule has 0 radical (unpaired) electrons. The molecule has 0 saturated carbocycles. The standard InChI is InChI=1S/C22H22N2O4S/c1-17-11-13-19(14-12-17)29(27,28)24(18-7-3-2-4-8-18)16-15-22(26)23-20-9-5-6-10-21(20)25/h2-14,25H,15-16H2,1H3,(H,23,26). The number of anilines is 2. The molecule has 29 heavy (non-hydrogen) atoms. The molecule has 0 aliphatic rings. The SMILES string of the molecule is Cc1ccc(S(=O)(=O)N(CCC(=O)Nc2ccccc2O)c2ccccc2)cc1. The van der Waals surface area contributed by atoms with Crippen LogP contribution in [0.5, 0.6) is 5.75 Å². The molecule has 0 spiro atoms. The van der Waals surface area contributed by atoms with Crippen LogP contribution in [0.25, 0.3) is 0 Å². The second kappa shape index (κ2) is 8.79. The zero-order valence-corrected chi connectivity index (χ0v) is 16.8. The third kappa shape index (κ3) is 4.94. The molecule has 0 fully saturated rings. The number of phenols is 1. The number of aromatic hydroxyl groups is 1. The summed E-state index contributed by atoms with van der Waals surface area (Å²) in [6, 6.07) is 21.6. The molecular formula is C22H22N2O4S. The molecule has 0 atom stereocenters. The number of rotatable bonds is 7. The Hall–Kier alpha value is -3.32. The van der Waals surface area contributed by atoms with Crippen molar-refractivity contribution in [2.24, 2.45) is 0 Å². The van der Waals surface area contributed by atoms with Gasteiger partial charge in [-0.25, -0.2) is 8.42 Å². The first-order valence-corrected chi connectivity index (χ1v) is 10.5. The van der Waals surface area contributed by atoms with E-state index >= 15 is 0 Å². The highest BCUT2D eigenvalue weighted by Gasteiger charge is 2.25. The topological polar surface area (TPSA) is 86.7 Å². The number of nitrogens with one attached hydrogen (secondary N) is 1. The molecular weight excluding hydrogens is 388 g/mol. The average molecular weight is 410 g/mol. The minimum absolute atomic E-state index is 0.0420. The number of nitrogens with zero attached hydrogens (tertiary/aromatic N) is 1. The molecule has 2 N–H and O–H groups in total. The Balaban J connectivity index is 1.82. The Morgan fingerprint density at radius 1 is 0.931 bits per heavy atom. The summed E-state index contributed by atoms with van der Waals surface area (Å²) >= 11 is 0. The number of hydrogen-bond acceptors (Lipinski definition) is 4. The van der Waals surface area contributed by atoms with Gasteiger partial charge in [-0.1, -0.05) is 48.0 Å². The number of sulfonamides is 1. The number of hydrogen-bond donors (Lipinski definition) is 2. The van der Waals surface area contributed by atoms with Crippen LogP contribution < -0.4 is 9.62 Å². The number of carbonyl (C=O) groups is 1. The minimum atomic E-state index is -3.84. The second-order valence-corrected chi connectivity index (χ2v) is 8.40. The van der Waals surface area contributed by atoms with Crippen molar-refractivity contribution in [1.82, 2.24) is 0 Å². The zero-order valence-electron chi connectivity index (χ0n) is 15.9. The highest BCUT2D eigenvalue weighted by Crippen LogP contribution is 2.25. The fourth-order valence-electron chi connectivity index (χ4n) is 2.81. The Morgan fingerprint density at radius 2 is 1.55 bits per heavy atom. The first-order valence-electron chi connectivity index (χ1n) is 9.10. The van der Waals surface area contributed by atoms with Crippen LogP contribution >= 0.6 is 0 Å². The number of carbonyl (C=O) groups excluding carboxylic acids is 1. The first-order chi connectivity index (χ1) is 13.9. The summed E-state index contributed by atoms with van der Waals surface area (Å²) in [5, 5.41) is 12.4. The molecule has 0 heterocycles. The van der Waals surface area contributed by atoms with Crippen LogP contribution in [-0.4, -0.2) is 26.0 Å². The van der Waals surface area contributed by atoms with E-state index < -0.39 is 15.9 Å². The van der Waals surface area contributed by atoms with Crippen LogP contribution in [0.2, 0.25) is 0 Å². The summed E-state index contributed by atoms with van der Waals surface area (Å²) in [5.74, 6) is -0.445. The molecule has 0 aliphatic carbocycles. The van der Waals surface area contributed by atoms with Crippen molar-refractivity contribution in [1.29, 1.82) is 0 Å². The summed E-state index contributed by atoms with van der Waals surface area (Å²) in [5.41, 5.74) is 1.71. The van der Waals surface area contributed by atoms with Crippen molar-refractivity contribution in [3.05, 3.63) is 84.4 Å². The molecule has 3 aromatic carbocycles. The lowest BCUT2D eigenvalue weighted by Crippen LogP contribution is -2.34. The Kier molecular flexibility index (Phi) is 6.19. The van der Waals surface area contributed by atoms with Gasteiger partial charge < -0.3 is 10.4 Å². The molecule has 0 aromatic heterocycles. The van der Waals surface area contributed by atoms with Crippen LogP contribution in [0, 0.1) is 6.92 Å². The van der Waals surface area contributed by atoms with Crippen LogP contribution in [0.1, 0.15) is 12.0 Å². The predicted octanol–water partition coefficient (Wildman–Crippen LogP) is 3.92. The second-order valence-electron chi connectivity index (χ2n) is 6.54. The molecule has 0 aliphatic heterocycles. The van der Waals surface area contributed by atoms with E-state index in [2.05, 4.69) is 5.32 Å². The number of para-hydroxylation sites is 3. The molecule has 0 unspecified atom stereocenters. The van der Waals surface area contributed by atoms with Crippen molar-refractivity contribution in [3.8, 4) is 5.75 Å². The third-order valence-corrected chi connectivity index (χ3v) is 6.21. The van der Waals surface area contributed by atoms with Gasteiger partial charge in [0.15, 0.2) is 0 Å². The molecule has 6 nitrogen and oxygen atoms in total. The van der Waals surface area contributed by atoms with E-state index in [1.165, 1.54) is 10.4 Å². The van der Waals surface area contributed by atoms with Crippen molar-refractivity contribution in [2.75, 3.05) is 16.2 Å². The lowest BCUT2D eigenvalue weighted by Gasteiger charge is -2.24. The van der Waals surface area contributed by atoms with E-state index in [0.717, 1.165) is 5.56 Å². The van der Waals surface area contributed by atoms with Gasteiger partial charge in [-0.3, -0.25) is 9.10 Å². The lowest BCUT2D eigenvalue weighted by molar-refractivity contribution is -0.116. The summed E-state index contributed by atoms with van der Waals surface area (Å²) in [7, 11) is -3.84. The van der Waals surface area contributed by atoms with E-state index in [1.54, 1.807) is 72.8 Å². The van der Waals surface area contributed by atoms with Crippen molar-refractivity contribution >= 4 is 27.3 Å². The van der Waals surface area contributed by atoms with Gasteiger partial charge in [0.05, 0.1) is 16.3 Å². The van der Waals surface area contributed by atoms with Gasteiger partial charge in [0, 0.05) is 13.0 Å². The van der Waals surface area contributed by atoms with Crippen LogP contribution in [-0.2, 0) is 14.8 Å². The Bertz CT molecular complexity index is 1080. The van der Waals surface area contributed by atoms with E-state index in [1.807, 2.05) is 6.92 Å². The Labute approximate surface area is 170 Å². The summed E-state index contributed by atoms with van der Waals surface area (Å²) in [6.07, 6.45) is -0.0751. The zero-order chi connectivity index (χ0) is 20.9. The number of phenolic OH excluding ortho intramolecular Hbond substituents is 1. The number of amides is 1. The predicted molar refractivity (Wildman–Crippen MR) is 114 cm³/mol. The van der Waals surface area contributed by atoms with Crippen LogP contribution in [0.15, 0.2) is 83.8 Å². The summed E-state index contributed by atoms with van der Waals surface area (Å²) in [4.78, 5) is 12.5. The van der Waals surface area contributed by atoms with Gasteiger partial charge in [0.25, 0.3) is 10.0 Å². The minimum Gasteiger partial charge on any atom is -0.506 e. The van der Waals surface area contributed by atoms with E-state index in [4.69, 9.17) is 0 Å². The smallest absolute Gasteiger partial charge is 0.264 e. The van der Waals surface area contributed by atoms with Gasteiger partial charge in [-0.2, -0.15) is 0 Å². The molecule has 3 rings (SSSR count). The maximum absolute atomic E-state index is 13.2. The van der Waals surface area contributed by atoms with Crippen LogP contribution in [0.3, 0.4) is 0 Å². The van der Waals surface area contributed by atoms with Gasteiger partial charge in [0.1, 0.15) is 5.75 Å².